The first-order chi connectivity index (χ1) is 9.69. The normalized spacial score (nSPS) is 14.8. The number of carbonyl (C=O) groups excluding carboxylic acids is 1. The van der Waals surface area contributed by atoms with Crippen LogP contribution in [0.2, 0.25) is 0 Å². The van der Waals surface area contributed by atoms with Crippen molar-refractivity contribution in [3.63, 3.8) is 0 Å². The van der Waals surface area contributed by atoms with Gasteiger partial charge in [-0.2, -0.15) is 0 Å². The molecule has 2 rings (SSSR count). The number of hydrogen-bond donors (Lipinski definition) is 1. The first-order valence-electron chi connectivity index (χ1n) is 7.42. The fraction of sp³-hybridized carbons (Fsp3) is 0.667. The molecule has 0 bridgehead atoms. The molecule has 0 spiro atoms. The van der Waals surface area contributed by atoms with Crippen LogP contribution in [-0.2, 0) is 6.54 Å². The molecule has 1 N–H and O–H groups in total. The smallest absolute Gasteiger partial charge is 0.289 e. The molecule has 5 heteroatoms. The Morgan fingerprint density at radius 3 is 2.60 bits per heavy atom. The molecule has 0 aliphatic heterocycles. The highest BCUT2D eigenvalue weighted by atomic mass is 16.4. The highest BCUT2D eigenvalue weighted by Crippen LogP contribution is 2.28. The zero-order valence-corrected chi connectivity index (χ0v) is 12.3. The van der Waals surface area contributed by atoms with Crippen LogP contribution in [-0.4, -0.2) is 53.1 Å². The van der Waals surface area contributed by atoms with Gasteiger partial charge in [-0.05, 0) is 38.1 Å². The van der Waals surface area contributed by atoms with Crippen LogP contribution in [0.5, 0.6) is 0 Å². The van der Waals surface area contributed by atoms with E-state index >= 15 is 0 Å². The van der Waals surface area contributed by atoms with E-state index in [1.54, 1.807) is 11.0 Å². The van der Waals surface area contributed by atoms with Crippen molar-refractivity contribution < 1.29 is 14.3 Å². The first-order valence-corrected chi connectivity index (χ1v) is 7.42. The Morgan fingerprint density at radius 1 is 1.35 bits per heavy atom. The SMILES string of the molecule is CCN(CC)Cc1ccc(C(=O)N(CCO)C2CC2)o1. The average molecular weight is 280 g/mol. The van der Waals surface area contributed by atoms with Crippen LogP contribution in [0.1, 0.15) is 43.0 Å². The number of carbonyl (C=O) groups is 1. The predicted molar refractivity (Wildman–Crippen MR) is 76.5 cm³/mol. The maximum absolute atomic E-state index is 12.4. The topological polar surface area (TPSA) is 56.9 Å². The van der Waals surface area contributed by atoms with Gasteiger partial charge in [0.15, 0.2) is 5.76 Å². The molecule has 1 heterocycles. The Kier molecular flexibility index (Phi) is 5.20. The summed E-state index contributed by atoms with van der Waals surface area (Å²) in [5.74, 6) is 1.09. The second kappa shape index (κ2) is 6.90. The van der Waals surface area contributed by atoms with Gasteiger partial charge in [0.25, 0.3) is 5.91 Å². The Balaban J connectivity index is 2.01. The van der Waals surface area contributed by atoms with Crippen LogP contribution < -0.4 is 0 Å². The van der Waals surface area contributed by atoms with Gasteiger partial charge < -0.3 is 14.4 Å². The highest BCUT2D eigenvalue weighted by Gasteiger charge is 2.33. The van der Waals surface area contributed by atoms with Crippen molar-refractivity contribution in [1.82, 2.24) is 9.80 Å². The van der Waals surface area contributed by atoms with Crippen molar-refractivity contribution in [2.45, 2.75) is 39.3 Å². The summed E-state index contributed by atoms with van der Waals surface area (Å²) in [6.45, 7) is 7.23. The first kappa shape index (κ1) is 15.1. The molecule has 0 aromatic carbocycles. The maximum atomic E-state index is 12.4. The molecule has 1 saturated carbocycles. The van der Waals surface area contributed by atoms with E-state index < -0.39 is 0 Å². The molecule has 1 aliphatic rings. The molecule has 1 aliphatic carbocycles. The Labute approximate surface area is 120 Å². The lowest BCUT2D eigenvalue weighted by atomic mass is 10.3. The number of rotatable bonds is 8. The van der Waals surface area contributed by atoms with Crippen LogP contribution in [0.25, 0.3) is 0 Å². The van der Waals surface area contributed by atoms with Crippen molar-refractivity contribution >= 4 is 5.91 Å². The van der Waals surface area contributed by atoms with Crippen molar-refractivity contribution in [2.75, 3.05) is 26.2 Å². The van der Waals surface area contributed by atoms with E-state index in [2.05, 4.69) is 18.7 Å². The molecule has 0 atom stereocenters. The zero-order valence-electron chi connectivity index (χ0n) is 12.3. The van der Waals surface area contributed by atoms with Gasteiger partial charge in [-0.25, -0.2) is 0 Å². The average Bonchev–Trinajstić information content (AvgIpc) is 3.20. The molecule has 1 amide bonds. The van der Waals surface area contributed by atoms with Gasteiger partial charge in [0.05, 0.1) is 13.2 Å². The molecule has 1 fully saturated rings. The van der Waals surface area contributed by atoms with Crippen molar-refractivity contribution in [3.8, 4) is 0 Å². The molecule has 1 aromatic heterocycles. The van der Waals surface area contributed by atoms with Gasteiger partial charge in [-0.3, -0.25) is 9.69 Å². The molecular weight excluding hydrogens is 256 g/mol. The number of nitrogens with zero attached hydrogens (tertiary/aromatic N) is 2. The molecule has 1 aromatic rings. The standard InChI is InChI=1S/C15H24N2O3/c1-3-16(4-2)11-13-7-8-14(20-13)15(19)17(9-10-18)12-5-6-12/h7-8,12,18H,3-6,9-11H2,1-2H3. The van der Waals surface area contributed by atoms with Crippen LogP contribution in [0.3, 0.4) is 0 Å². The second-order valence-electron chi connectivity index (χ2n) is 5.18. The van der Waals surface area contributed by atoms with Crippen LogP contribution in [0.15, 0.2) is 16.5 Å². The predicted octanol–water partition coefficient (Wildman–Crippen LogP) is 1.72. The molecule has 5 nitrogen and oxygen atoms in total. The summed E-state index contributed by atoms with van der Waals surface area (Å²) in [7, 11) is 0. The number of aliphatic hydroxyl groups is 1. The third-order valence-electron chi connectivity index (χ3n) is 3.74. The van der Waals surface area contributed by atoms with E-state index in [0.717, 1.165) is 38.2 Å². The lowest BCUT2D eigenvalue weighted by Gasteiger charge is -2.20. The summed E-state index contributed by atoms with van der Waals surface area (Å²) in [6.07, 6.45) is 2.05. The largest absolute Gasteiger partial charge is 0.455 e. The molecule has 0 saturated heterocycles. The summed E-state index contributed by atoms with van der Waals surface area (Å²) in [5.41, 5.74) is 0. The molecule has 20 heavy (non-hydrogen) atoms. The molecule has 112 valence electrons. The van der Waals surface area contributed by atoms with Crippen molar-refractivity contribution in [1.29, 1.82) is 0 Å². The highest BCUT2D eigenvalue weighted by molar-refractivity contribution is 5.92. The van der Waals surface area contributed by atoms with Gasteiger partial charge >= 0.3 is 0 Å². The fourth-order valence-corrected chi connectivity index (χ4v) is 2.33. The van der Waals surface area contributed by atoms with E-state index in [1.165, 1.54) is 0 Å². The zero-order chi connectivity index (χ0) is 14.5. The Hall–Kier alpha value is -1.33. The van der Waals surface area contributed by atoms with Crippen LogP contribution in [0.4, 0.5) is 0 Å². The third-order valence-corrected chi connectivity index (χ3v) is 3.74. The number of furan rings is 1. The van der Waals surface area contributed by atoms with Gasteiger partial charge in [0.1, 0.15) is 5.76 Å². The lowest BCUT2D eigenvalue weighted by molar-refractivity contribution is 0.0672. The van der Waals surface area contributed by atoms with Crippen LogP contribution >= 0.6 is 0 Å². The minimum atomic E-state index is -0.104. The summed E-state index contributed by atoms with van der Waals surface area (Å²) in [6, 6.07) is 3.90. The maximum Gasteiger partial charge on any atom is 0.289 e. The van der Waals surface area contributed by atoms with Gasteiger partial charge in [-0.1, -0.05) is 13.8 Å². The van der Waals surface area contributed by atoms with Gasteiger partial charge in [0.2, 0.25) is 0 Å². The molecule has 0 unspecified atom stereocenters. The number of hydrogen-bond acceptors (Lipinski definition) is 4. The fourth-order valence-electron chi connectivity index (χ4n) is 2.33. The van der Waals surface area contributed by atoms with E-state index in [1.807, 2.05) is 6.07 Å². The van der Waals surface area contributed by atoms with Crippen molar-refractivity contribution in [2.24, 2.45) is 0 Å². The molecular formula is C15H24N2O3. The number of aliphatic hydroxyl groups excluding tert-OH is 1. The summed E-state index contributed by atoms with van der Waals surface area (Å²) < 4.78 is 5.67. The Bertz CT molecular complexity index is 436. The third kappa shape index (κ3) is 3.61. The van der Waals surface area contributed by atoms with Gasteiger partial charge in [-0.15, -0.1) is 0 Å². The summed E-state index contributed by atoms with van der Waals surface area (Å²) >= 11 is 0. The summed E-state index contributed by atoms with van der Waals surface area (Å²) in [5, 5.41) is 9.07. The molecule has 0 radical (unpaired) electrons. The van der Waals surface area contributed by atoms with E-state index in [9.17, 15) is 4.79 Å². The van der Waals surface area contributed by atoms with E-state index in [0.29, 0.717) is 12.3 Å². The minimum Gasteiger partial charge on any atom is -0.455 e. The quantitative estimate of drug-likeness (QED) is 0.787. The minimum absolute atomic E-state index is 0.00471. The van der Waals surface area contributed by atoms with E-state index in [4.69, 9.17) is 9.52 Å². The summed E-state index contributed by atoms with van der Waals surface area (Å²) in [4.78, 5) is 16.3. The monoisotopic (exact) mass is 280 g/mol. The van der Waals surface area contributed by atoms with Crippen molar-refractivity contribution in [3.05, 3.63) is 23.7 Å². The second-order valence-corrected chi connectivity index (χ2v) is 5.18. The lowest BCUT2D eigenvalue weighted by Crippen LogP contribution is -2.35. The van der Waals surface area contributed by atoms with E-state index in [-0.39, 0.29) is 18.6 Å². The Morgan fingerprint density at radius 2 is 2.05 bits per heavy atom. The number of amides is 1. The van der Waals surface area contributed by atoms with Gasteiger partial charge in [0, 0.05) is 12.6 Å². The van der Waals surface area contributed by atoms with Crippen LogP contribution in [0, 0.1) is 0 Å².